The monoisotopic (exact) mass is 411 g/mol. The van der Waals surface area contributed by atoms with Gasteiger partial charge in [-0.05, 0) is 11.6 Å². The molecule has 4 atom stereocenters. The van der Waals surface area contributed by atoms with Gasteiger partial charge in [0.25, 0.3) is 0 Å². The second kappa shape index (κ2) is 8.55. The Bertz CT molecular complexity index is 1070. The smallest absolute Gasteiger partial charge is 0.247 e. The largest absolute Gasteiger partial charge is 0.394 e. The van der Waals surface area contributed by atoms with Gasteiger partial charge in [-0.1, -0.05) is 36.4 Å². The fraction of sp³-hybridized carbons (Fsp3) is 0.263. The van der Waals surface area contributed by atoms with Crippen molar-refractivity contribution in [3.63, 3.8) is 0 Å². The number of imidazole rings is 1. The van der Waals surface area contributed by atoms with Crippen LogP contribution in [0.4, 0.5) is 11.8 Å². The van der Waals surface area contributed by atoms with Crippen LogP contribution in [0.5, 0.6) is 0 Å². The first-order valence-corrected chi connectivity index (χ1v) is 9.22. The Hall–Kier alpha value is -3.38. The van der Waals surface area contributed by atoms with Crippen LogP contribution in [0.3, 0.4) is 0 Å². The lowest BCUT2D eigenvalue weighted by molar-refractivity contribution is -0.0511. The van der Waals surface area contributed by atoms with Crippen molar-refractivity contribution in [1.82, 2.24) is 19.5 Å². The summed E-state index contributed by atoms with van der Waals surface area (Å²) in [5.41, 5.74) is 10.3. The van der Waals surface area contributed by atoms with Gasteiger partial charge in [0.15, 0.2) is 17.7 Å². The van der Waals surface area contributed by atoms with Crippen molar-refractivity contribution < 1.29 is 20.1 Å². The number of aromatic nitrogens is 4. The van der Waals surface area contributed by atoms with Crippen LogP contribution >= 0.6 is 0 Å². The maximum Gasteiger partial charge on any atom is 0.247 e. The second-order valence-corrected chi connectivity index (χ2v) is 6.65. The average Bonchev–Trinajstić information content (AvgIpc) is 3.30. The summed E-state index contributed by atoms with van der Waals surface area (Å²) in [5, 5.41) is 33.6. The lowest BCUT2D eigenvalue weighted by Gasteiger charge is -2.16. The van der Waals surface area contributed by atoms with E-state index in [-0.39, 0.29) is 17.4 Å². The Balaban J connectivity index is 1.54. The van der Waals surface area contributed by atoms with Gasteiger partial charge < -0.3 is 25.8 Å². The zero-order valence-electron chi connectivity index (χ0n) is 15.8. The number of hydrogen-bond donors (Lipinski definition) is 5. The third-order valence-corrected chi connectivity index (χ3v) is 4.65. The topological polar surface area (TPSA) is 164 Å². The summed E-state index contributed by atoms with van der Waals surface area (Å²) in [7, 11) is 0. The highest BCUT2D eigenvalue weighted by atomic mass is 16.6. The first-order valence-electron chi connectivity index (χ1n) is 9.22. The van der Waals surface area contributed by atoms with Crippen LogP contribution in [0.15, 0.2) is 47.8 Å². The van der Waals surface area contributed by atoms with Gasteiger partial charge in [0.2, 0.25) is 5.95 Å². The molecule has 3 aromatic rings. The molecule has 4 rings (SSSR count). The molecule has 2 aromatic heterocycles. The molecule has 0 bridgehead atoms. The molecular formula is C19H21N7O4. The number of fused-ring (bicyclic) bond motifs is 1. The fourth-order valence-electron chi connectivity index (χ4n) is 3.14. The van der Waals surface area contributed by atoms with Gasteiger partial charge >= 0.3 is 0 Å². The number of hydrazone groups is 1. The van der Waals surface area contributed by atoms with Crippen LogP contribution in [0.25, 0.3) is 17.2 Å². The molecule has 0 unspecified atom stereocenters. The molecule has 11 heteroatoms. The van der Waals surface area contributed by atoms with Gasteiger partial charge in [-0.2, -0.15) is 15.1 Å². The van der Waals surface area contributed by atoms with Crippen molar-refractivity contribution in [3.05, 3.63) is 48.3 Å². The number of anilines is 2. The quantitative estimate of drug-likeness (QED) is 0.280. The zero-order valence-corrected chi connectivity index (χ0v) is 15.8. The summed E-state index contributed by atoms with van der Waals surface area (Å²) >= 11 is 0. The van der Waals surface area contributed by atoms with Gasteiger partial charge in [0, 0.05) is 6.21 Å². The Morgan fingerprint density at radius 3 is 2.73 bits per heavy atom. The fourth-order valence-corrected chi connectivity index (χ4v) is 3.14. The molecular weight excluding hydrogens is 390 g/mol. The number of nitrogens with one attached hydrogen (secondary N) is 1. The molecule has 0 radical (unpaired) electrons. The molecule has 6 N–H and O–H groups in total. The van der Waals surface area contributed by atoms with E-state index in [1.54, 1.807) is 12.3 Å². The van der Waals surface area contributed by atoms with Crippen molar-refractivity contribution in [2.24, 2.45) is 5.10 Å². The number of hydrogen-bond acceptors (Lipinski definition) is 10. The number of nitrogens with zero attached hydrogens (tertiary/aromatic N) is 5. The number of aliphatic hydroxyl groups excluding tert-OH is 3. The Labute approximate surface area is 171 Å². The normalized spacial score (nSPS) is 24.4. The molecule has 0 aliphatic carbocycles. The van der Waals surface area contributed by atoms with Crippen molar-refractivity contribution in [2.75, 3.05) is 17.8 Å². The molecule has 3 heterocycles. The Morgan fingerprint density at radius 1 is 1.20 bits per heavy atom. The van der Waals surface area contributed by atoms with Crippen LogP contribution in [0.1, 0.15) is 11.8 Å². The Kier molecular flexibility index (Phi) is 5.68. The van der Waals surface area contributed by atoms with Gasteiger partial charge in [-0.3, -0.25) is 4.57 Å². The molecule has 30 heavy (non-hydrogen) atoms. The lowest BCUT2D eigenvalue weighted by atomic mass is 10.1. The maximum absolute atomic E-state index is 10.3. The molecule has 1 fully saturated rings. The number of nitrogen functional groups attached to an aromatic ring is 1. The lowest BCUT2D eigenvalue weighted by Crippen LogP contribution is -2.33. The summed E-state index contributed by atoms with van der Waals surface area (Å²) < 4.78 is 6.97. The molecule has 11 nitrogen and oxygen atoms in total. The first-order chi connectivity index (χ1) is 14.6. The highest BCUT2D eigenvalue weighted by Crippen LogP contribution is 2.32. The van der Waals surface area contributed by atoms with E-state index in [1.165, 1.54) is 10.9 Å². The van der Waals surface area contributed by atoms with Crippen LogP contribution in [-0.2, 0) is 4.74 Å². The Morgan fingerprint density at radius 2 is 2.00 bits per heavy atom. The summed E-state index contributed by atoms with van der Waals surface area (Å²) in [6, 6.07) is 9.76. The van der Waals surface area contributed by atoms with E-state index in [9.17, 15) is 15.3 Å². The summed E-state index contributed by atoms with van der Waals surface area (Å²) in [6.45, 7) is -0.434. The third-order valence-electron chi connectivity index (χ3n) is 4.65. The molecule has 156 valence electrons. The van der Waals surface area contributed by atoms with E-state index < -0.39 is 31.1 Å². The van der Waals surface area contributed by atoms with Crippen molar-refractivity contribution >= 4 is 35.2 Å². The second-order valence-electron chi connectivity index (χ2n) is 6.65. The van der Waals surface area contributed by atoms with Gasteiger partial charge in [0.1, 0.15) is 23.8 Å². The summed E-state index contributed by atoms with van der Waals surface area (Å²) in [6.07, 6.45) is 2.16. The number of benzene rings is 1. The van der Waals surface area contributed by atoms with Crippen LogP contribution in [0.2, 0.25) is 0 Å². The summed E-state index contributed by atoms with van der Waals surface area (Å²) in [5.74, 6) is 0.237. The van der Waals surface area contributed by atoms with Gasteiger partial charge in [-0.15, -0.1) is 0 Å². The maximum atomic E-state index is 10.3. The predicted molar refractivity (Wildman–Crippen MR) is 110 cm³/mol. The molecule has 1 aromatic carbocycles. The van der Waals surface area contributed by atoms with Crippen LogP contribution < -0.4 is 11.2 Å². The minimum atomic E-state index is -1.27. The molecule has 1 aliphatic heterocycles. The molecule has 0 amide bonds. The van der Waals surface area contributed by atoms with Crippen molar-refractivity contribution in [2.45, 2.75) is 24.5 Å². The number of rotatable bonds is 6. The van der Waals surface area contributed by atoms with Gasteiger partial charge in [0.05, 0.1) is 12.9 Å². The van der Waals surface area contributed by atoms with Crippen molar-refractivity contribution in [3.8, 4) is 0 Å². The van der Waals surface area contributed by atoms with Crippen molar-refractivity contribution in [1.29, 1.82) is 0 Å². The van der Waals surface area contributed by atoms with E-state index in [1.807, 2.05) is 36.4 Å². The third kappa shape index (κ3) is 3.86. The van der Waals surface area contributed by atoms with Gasteiger partial charge in [-0.25, -0.2) is 10.4 Å². The summed E-state index contributed by atoms with van der Waals surface area (Å²) in [4.78, 5) is 12.6. The minimum Gasteiger partial charge on any atom is -0.394 e. The van der Waals surface area contributed by atoms with Crippen LogP contribution in [-0.4, -0.2) is 66.0 Å². The first kappa shape index (κ1) is 19.9. The highest BCUT2D eigenvalue weighted by molar-refractivity contribution is 5.83. The number of nitrogens with two attached hydrogens (primary N) is 1. The standard InChI is InChI=1S/C19H21N7O4/c20-16-13-17(26(10-21-13)18-15(29)14(28)12(9-27)30-18)24-19(23-16)25-22-8-4-7-11-5-2-1-3-6-11/h1-8,10,12,14-15,18,27-29H,9H2,(H3,20,23,24,25)/b7-4+,22-8-/t12-,14-,15-,18-/m1/s1. The van der Waals surface area contributed by atoms with E-state index in [0.29, 0.717) is 5.52 Å². The molecule has 0 spiro atoms. The van der Waals surface area contributed by atoms with E-state index in [4.69, 9.17) is 10.5 Å². The van der Waals surface area contributed by atoms with E-state index in [2.05, 4.69) is 25.5 Å². The van der Waals surface area contributed by atoms with E-state index in [0.717, 1.165) is 5.56 Å². The molecule has 1 saturated heterocycles. The number of ether oxygens (including phenoxy) is 1. The molecule has 1 aliphatic rings. The number of aliphatic hydroxyl groups is 3. The number of allylic oxidation sites excluding steroid dienone is 1. The SMILES string of the molecule is Nc1nc(N/N=C\C=C\c2ccccc2)nc2c1ncn2[C@@H]1O[C@H](CO)[C@@H](O)[C@H]1O. The predicted octanol–water partition coefficient (Wildman–Crippen LogP) is 0.131. The molecule has 0 saturated carbocycles. The average molecular weight is 411 g/mol. The minimum absolute atomic E-state index is 0.114. The zero-order chi connectivity index (χ0) is 21.1. The van der Waals surface area contributed by atoms with Crippen LogP contribution in [0, 0.1) is 0 Å². The highest BCUT2D eigenvalue weighted by Gasteiger charge is 2.44. The van der Waals surface area contributed by atoms with E-state index >= 15 is 0 Å².